The van der Waals surface area contributed by atoms with Crippen LogP contribution in [-0.2, 0) is 19.6 Å². The van der Waals surface area contributed by atoms with Gasteiger partial charge in [-0.3, -0.25) is 4.79 Å². The average Bonchev–Trinajstić information content (AvgIpc) is 2.89. The normalized spacial score (nSPS) is 25.9. The number of rotatable bonds is 6. The molecule has 7 heteroatoms. The fourth-order valence-corrected chi connectivity index (χ4v) is 4.63. The van der Waals surface area contributed by atoms with Crippen molar-refractivity contribution in [2.75, 3.05) is 25.4 Å². The van der Waals surface area contributed by atoms with E-state index in [4.69, 9.17) is 9.84 Å². The van der Waals surface area contributed by atoms with Gasteiger partial charge in [0.1, 0.15) is 0 Å². The van der Waals surface area contributed by atoms with E-state index in [1.807, 2.05) is 0 Å². The third kappa shape index (κ3) is 4.43. The number of ether oxygens (including phenoxy) is 1. The van der Waals surface area contributed by atoms with E-state index in [0.29, 0.717) is 32.0 Å². The predicted molar refractivity (Wildman–Crippen MR) is 73.9 cm³/mol. The molecule has 0 bridgehead atoms. The van der Waals surface area contributed by atoms with Crippen molar-refractivity contribution in [2.24, 2.45) is 5.92 Å². The van der Waals surface area contributed by atoms with Crippen LogP contribution in [0.5, 0.6) is 0 Å². The highest BCUT2D eigenvalue weighted by Crippen LogP contribution is 2.25. The number of hydrogen-bond acceptors (Lipinski definition) is 4. The molecule has 2 aliphatic rings. The number of carboxylic acids is 1. The molecule has 0 aromatic heterocycles. The molecule has 1 atom stereocenters. The maximum absolute atomic E-state index is 12.3. The number of carbonyl (C=O) groups is 1. The molecule has 2 saturated heterocycles. The molecule has 2 rings (SSSR count). The van der Waals surface area contributed by atoms with Crippen molar-refractivity contribution in [3.8, 4) is 0 Å². The molecule has 0 spiro atoms. The zero-order valence-electron chi connectivity index (χ0n) is 11.7. The highest BCUT2D eigenvalue weighted by molar-refractivity contribution is 7.89. The Hall–Kier alpha value is -0.660. The monoisotopic (exact) mass is 305 g/mol. The summed E-state index contributed by atoms with van der Waals surface area (Å²) in [4.78, 5) is 10.5. The van der Waals surface area contributed by atoms with Crippen LogP contribution in [0.25, 0.3) is 0 Å². The first-order valence-corrected chi connectivity index (χ1v) is 8.89. The van der Waals surface area contributed by atoms with E-state index in [9.17, 15) is 13.2 Å². The summed E-state index contributed by atoms with van der Waals surface area (Å²) in [5.74, 6) is -0.356. The first-order chi connectivity index (χ1) is 9.47. The Bertz CT molecular complexity index is 422. The van der Waals surface area contributed by atoms with Gasteiger partial charge in [-0.15, -0.1) is 0 Å². The van der Waals surface area contributed by atoms with Gasteiger partial charge >= 0.3 is 5.97 Å². The fourth-order valence-electron chi connectivity index (χ4n) is 2.92. The summed E-state index contributed by atoms with van der Waals surface area (Å²) >= 11 is 0. The van der Waals surface area contributed by atoms with Crippen LogP contribution in [-0.4, -0.2) is 55.4 Å². The number of hydrogen-bond donors (Lipinski definition) is 1. The molecule has 0 amide bonds. The Labute approximate surface area is 120 Å². The van der Waals surface area contributed by atoms with Gasteiger partial charge in [-0.05, 0) is 38.0 Å². The Morgan fingerprint density at radius 3 is 2.50 bits per heavy atom. The molecule has 6 nitrogen and oxygen atoms in total. The van der Waals surface area contributed by atoms with Gasteiger partial charge in [-0.1, -0.05) is 0 Å². The summed E-state index contributed by atoms with van der Waals surface area (Å²) in [6.07, 6.45) is 3.97. The number of nitrogens with zero attached hydrogens (tertiary/aromatic N) is 1. The quantitative estimate of drug-likeness (QED) is 0.793. The van der Waals surface area contributed by atoms with Crippen LogP contribution in [0.1, 0.15) is 38.5 Å². The van der Waals surface area contributed by atoms with Gasteiger partial charge in [0.25, 0.3) is 0 Å². The molecule has 20 heavy (non-hydrogen) atoms. The number of carboxylic acid groups (broad SMARTS) is 1. The highest BCUT2D eigenvalue weighted by Gasteiger charge is 2.31. The third-order valence-electron chi connectivity index (χ3n) is 4.15. The summed E-state index contributed by atoms with van der Waals surface area (Å²) in [6, 6.07) is 0. The molecular weight excluding hydrogens is 282 g/mol. The number of aliphatic carboxylic acids is 1. The Morgan fingerprint density at radius 1 is 1.25 bits per heavy atom. The molecule has 1 N–H and O–H groups in total. The van der Waals surface area contributed by atoms with E-state index in [2.05, 4.69) is 0 Å². The van der Waals surface area contributed by atoms with Gasteiger partial charge in [-0.2, -0.15) is 0 Å². The van der Waals surface area contributed by atoms with Crippen LogP contribution in [0, 0.1) is 5.92 Å². The number of piperidine rings is 1. The minimum absolute atomic E-state index is 0.0901. The zero-order valence-corrected chi connectivity index (χ0v) is 12.5. The fraction of sp³-hybridized carbons (Fsp3) is 0.923. The van der Waals surface area contributed by atoms with E-state index in [1.54, 1.807) is 4.31 Å². The van der Waals surface area contributed by atoms with Crippen molar-refractivity contribution in [3.05, 3.63) is 0 Å². The maximum atomic E-state index is 12.3. The minimum atomic E-state index is -3.23. The molecule has 2 aliphatic heterocycles. The standard InChI is InChI=1S/C13H23NO5S/c15-13(16)4-3-11-5-7-14(8-6-11)20(17,18)10-12-2-1-9-19-12/h11-12H,1-10H2,(H,15,16). The van der Waals surface area contributed by atoms with Crippen LogP contribution in [0.4, 0.5) is 0 Å². The second kappa shape index (κ2) is 6.87. The van der Waals surface area contributed by atoms with E-state index in [0.717, 1.165) is 25.7 Å². The van der Waals surface area contributed by atoms with E-state index in [-0.39, 0.29) is 18.3 Å². The zero-order chi connectivity index (χ0) is 14.6. The van der Waals surface area contributed by atoms with Crippen molar-refractivity contribution in [2.45, 2.75) is 44.6 Å². The van der Waals surface area contributed by atoms with Crippen molar-refractivity contribution >= 4 is 16.0 Å². The molecule has 0 aromatic carbocycles. The molecule has 2 heterocycles. The summed E-state index contributed by atoms with van der Waals surface area (Å²) in [5.41, 5.74) is 0. The van der Waals surface area contributed by atoms with Crippen LogP contribution < -0.4 is 0 Å². The smallest absolute Gasteiger partial charge is 0.303 e. The van der Waals surface area contributed by atoms with Gasteiger partial charge in [0, 0.05) is 26.1 Å². The predicted octanol–water partition coefficient (Wildman–Crippen LogP) is 1.07. The Balaban J connectivity index is 1.78. The summed E-state index contributed by atoms with van der Waals surface area (Å²) in [6.45, 7) is 1.69. The molecule has 0 aromatic rings. The first kappa shape index (κ1) is 15.7. The lowest BCUT2D eigenvalue weighted by Crippen LogP contribution is -2.41. The second-order valence-corrected chi connectivity index (χ2v) is 7.70. The third-order valence-corrected chi connectivity index (χ3v) is 6.10. The first-order valence-electron chi connectivity index (χ1n) is 7.28. The van der Waals surface area contributed by atoms with Crippen molar-refractivity contribution in [3.63, 3.8) is 0 Å². The van der Waals surface area contributed by atoms with Crippen molar-refractivity contribution < 1.29 is 23.1 Å². The molecule has 116 valence electrons. The lowest BCUT2D eigenvalue weighted by molar-refractivity contribution is -0.137. The van der Waals surface area contributed by atoms with E-state index >= 15 is 0 Å². The average molecular weight is 305 g/mol. The molecule has 0 aliphatic carbocycles. The van der Waals surface area contributed by atoms with Gasteiger partial charge in [0.05, 0.1) is 11.9 Å². The van der Waals surface area contributed by atoms with E-state index in [1.165, 1.54) is 0 Å². The lowest BCUT2D eigenvalue weighted by atomic mass is 9.93. The molecular formula is C13H23NO5S. The molecule has 2 fully saturated rings. The SMILES string of the molecule is O=C(O)CCC1CCN(S(=O)(=O)CC2CCCO2)CC1. The summed E-state index contributed by atoms with van der Waals surface area (Å²) < 4.78 is 31.5. The second-order valence-electron chi connectivity index (χ2n) is 5.69. The summed E-state index contributed by atoms with van der Waals surface area (Å²) in [5, 5.41) is 8.66. The van der Waals surface area contributed by atoms with Gasteiger partial charge in [0.2, 0.25) is 10.0 Å². The van der Waals surface area contributed by atoms with Gasteiger partial charge in [-0.25, -0.2) is 12.7 Å². The van der Waals surface area contributed by atoms with Gasteiger partial charge in [0.15, 0.2) is 0 Å². The number of sulfonamides is 1. The van der Waals surface area contributed by atoms with Crippen LogP contribution in [0.15, 0.2) is 0 Å². The highest BCUT2D eigenvalue weighted by atomic mass is 32.2. The Morgan fingerprint density at radius 2 is 1.95 bits per heavy atom. The Kier molecular flexibility index (Phi) is 5.40. The molecule has 0 saturated carbocycles. The summed E-state index contributed by atoms with van der Waals surface area (Å²) in [7, 11) is -3.23. The molecule has 1 unspecified atom stereocenters. The van der Waals surface area contributed by atoms with Crippen molar-refractivity contribution in [1.82, 2.24) is 4.31 Å². The largest absolute Gasteiger partial charge is 0.481 e. The van der Waals surface area contributed by atoms with Gasteiger partial charge < -0.3 is 9.84 Å². The minimum Gasteiger partial charge on any atom is -0.481 e. The maximum Gasteiger partial charge on any atom is 0.303 e. The van der Waals surface area contributed by atoms with E-state index < -0.39 is 16.0 Å². The lowest BCUT2D eigenvalue weighted by Gasteiger charge is -2.31. The molecule has 0 radical (unpaired) electrons. The van der Waals surface area contributed by atoms with Crippen molar-refractivity contribution in [1.29, 1.82) is 0 Å². The van der Waals surface area contributed by atoms with Crippen LogP contribution in [0.3, 0.4) is 0 Å². The van der Waals surface area contributed by atoms with Crippen LogP contribution in [0.2, 0.25) is 0 Å². The topological polar surface area (TPSA) is 83.9 Å². The van der Waals surface area contributed by atoms with Crippen LogP contribution >= 0.6 is 0 Å².